The van der Waals surface area contributed by atoms with E-state index in [4.69, 9.17) is 4.74 Å². The largest absolute Gasteiger partial charge is 0.455 e. The molecule has 1 aliphatic rings. The van der Waals surface area contributed by atoms with E-state index in [-0.39, 0.29) is 22.2 Å². The average Bonchev–Trinajstić information content (AvgIpc) is 2.96. The maximum atomic E-state index is 14.0. The van der Waals surface area contributed by atoms with Gasteiger partial charge < -0.3 is 15.0 Å². The molecule has 0 bridgehead atoms. The van der Waals surface area contributed by atoms with Gasteiger partial charge in [0.2, 0.25) is 0 Å². The summed E-state index contributed by atoms with van der Waals surface area (Å²) in [6.07, 6.45) is 1.02. The number of nitriles is 1. The quantitative estimate of drug-likeness (QED) is 0.210. The number of para-hydroxylation sites is 1. The van der Waals surface area contributed by atoms with Crippen LogP contribution >= 0.6 is 0 Å². The van der Waals surface area contributed by atoms with Crippen molar-refractivity contribution in [3.05, 3.63) is 118 Å². The molecule has 6 rings (SSSR count). The number of aromatic nitrogens is 1. The van der Waals surface area contributed by atoms with Crippen molar-refractivity contribution >= 4 is 28.1 Å². The number of aromatic amines is 1. The van der Waals surface area contributed by atoms with Crippen molar-refractivity contribution in [2.24, 2.45) is 5.41 Å². The maximum absolute atomic E-state index is 14.0. The lowest BCUT2D eigenvalue weighted by molar-refractivity contribution is 0.104. The fraction of sp³-hybridized carbons (Fsp3) is 0.216. The van der Waals surface area contributed by atoms with Crippen molar-refractivity contribution in [2.75, 3.05) is 5.32 Å². The summed E-state index contributed by atoms with van der Waals surface area (Å²) in [6, 6.07) is 28.5. The maximum Gasteiger partial charge on any atom is 0.267 e. The van der Waals surface area contributed by atoms with Gasteiger partial charge in [0.05, 0.1) is 16.8 Å². The van der Waals surface area contributed by atoms with Crippen molar-refractivity contribution in [3.63, 3.8) is 0 Å². The SMILES string of the molecule is CC(C)(C)CC(C)(C)c1ccc(Oc2cc(Nc3ccccc3)c3c4c(c(C#N)c(=O)[nH]c24)-c2ccccc2C3=O)cc1. The van der Waals surface area contributed by atoms with Crippen LogP contribution in [0, 0.1) is 16.7 Å². The number of carbonyl (C=O) groups is 1. The number of anilines is 2. The molecule has 1 aromatic heterocycles. The van der Waals surface area contributed by atoms with Crippen LogP contribution in [0.5, 0.6) is 11.5 Å². The summed E-state index contributed by atoms with van der Waals surface area (Å²) in [5.41, 5.74) is 4.26. The molecule has 6 nitrogen and oxygen atoms in total. The molecule has 0 unspecified atom stereocenters. The van der Waals surface area contributed by atoms with Gasteiger partial charge in [-0.1, -0.05) is 89.2 Å². The molecule has 2 N–H and O–H groups in total. The highest BCUT2D eigenvalue weighted by Crippen LogP contribution is 2.47. The summed E-state index contributed by atoms with van der Waals surface area (Å²) in [4.78, 5) is 30.2. The Morgan fingerprint density at radius 3 is 2.14 bits per heavy atom. The molecule has 0 aliphatic heterocycles. The van der Waals surface area contributed by atoms with Crippen LogP contribution in [0.15, 0.2) is 89.7 Å². The summed E-state index contributed by atoms with van der Waals surface area (Å²) in [7, 11) is 0. The van der Waals surface area contributed by atoms with Gasteiger partial charge in [-0.25, -0.2) is 0 Å². The monoisotopic (exact) mass is 567 g/mol. The molecule has 0 atom stereocenters. The van der Waals surface area contributed by atoms with Gasteiger partial charge in [-0.15, -0.1) is 0 Å². The van der Waals surface area contributed by atoms with E-state index in [9.17, 15) is 14.9 Å². The molecule has 6 heteroatoms. The van der Waals surface area contributed by atoms with Gasteiger partial charge in [-0.3, -0.25) is 9.59 Å². The first-order valence-electron chi connectivity index (χ1n) is 14.4. The van der Waals surface area contributed by atoms with Crippen molar-refractivity contribution in [1.29, 1.82) is 5.26 Å². The number of benzene rings is 4. The third-order valence-corrected chi connectivity index (χ3v) is 7.93. The predicted octanol–water partition coefficient (Wildman–Crippen LogP) is 8.86. The molecule has 0 spiro atoms. The predicted molar refractivity (Wildman–Crippen MR) is 171 cm³/mol. The lowest BCUT2D eigenvalue weighted by atomic mass is 9.72. The summed E-state index contributed by atoms with van der Waals surface area (Å²) < 4.78 is 6.46. The number of ketones is 1. The lowest BCUT2D eigenvalue weighted by Crippen LogP contribution is -2.24. The second-order valence-electron chi connectivity index (χ2n) is 13.0. The molecule has 0 saturated heterocycles. The molecule has 1 aliphatic carbocycles. The van der Waals surface area contributed by atoms with Crippen LogP contribution in [0.25, 0.3) is 22.0 Å². The number of fused-ring (bicyclic) bond motifs is 2. The van der Waals surface area contributed by atoms with Gasteiger partial charge in [0, 0.05) is 28.3 Å². The summed E-state index contributed by atoms with van der Waals surface area (Å²) in [6.45, 7) is 11.2. The Hall–Kier alpha value is -5.15. The first-order chi connectivity index (χ1) is 20.5. The van der Waals surface area contributed by atoms with Crippen LogP contribution in [-0.4, -0.2) is 10.8 Å². The van der Waals surface area contributed by atoms with Crippen LogP contribution in [-0.2, 0) is 5.41 Å². The van der Waals surface area contributed by atoms with E-state index >= 15 is 0 Å². The van der Waals surface area contributed by atoms with E-state index < -0.39 is 5.56 Å². The topological polar surface area (TPSA) is 95.0 Å². The number of H-pyrrole nitrogens is 1. The zero-order chi connectivity index (χ0) is 30.5. The van der Waals surface area contributed by atoms with E-state index in [1.165, 1.54) is 5.56 Å². The number of ether oxygens (including phenoxy) is 1. The molecule has 0 radical (unpaired) electrons. The van der Waals surface area contributed by atoms with E-state index in [1.807, 2.05) is 42.5 Å². The highest BCUT2D eigenvalue weighted by atomic mass is 16.5. The number of rotatable bonds is 6. The van der Waals surface area contributed by atoms with Gasteiger partial charge in [-0.2, -0.15) is 5.26 Å². The van der Waals surface area contributed by atoms with Crippen molar-refractivity contribution in [1.82, 2.24) is 4.98 Å². The summed E-state index contributed by atoms with van der Waals surface area (Å²) in [5, 5.41) is 13.9. The first-order valence-corrected chi connectivity index (χ1v) is 14.4. The van der Waals surface area contributed by atoms with Gasteiger partial charge in [0.1, 0.15) is 17.4 Å². The third kappa shape index (κ3) is 5.08. The number of nitrogens with zero attached hydrogens (tertiary/aromatic N) is 1. The summed E-state index contributed by atoms with van der Waals surface area (Å²) >= 11 is 0. The molecule has 0 amide bonds. The van der Waals surface area contributed by atoms with Crippen LogP contribution in [0.3, 0.4) is 0 Å². The molecule has 1 heterocycles. The van der Waals surface area contributed by atoms with Gasteiger partial charge in [0.25, 0.3) is 5.56 Å². The summed E-state index contributed by atoms with van der Waals surface area (Å²) in [5.74, 6) is 0.763. The third-order valence-electron chi connectivity index (χ3n) is 7.93. The zero-order valence-electron chi connectivity index (χ0n) is 25.0. The second-order valence-corrected chi connectivity index (χ2v) is 13.0. The Bertz CT molecular complexity index is 1990. The molecular weight excluding hydrogens is 534 g/mol. The Labute approximate surface area is 251 Å². The Kier molecular flexibility index (Phi) is 6.70. The van der Waals surface area contributed by atoms with Crippen LogP contribution in [0.2, 0.25) is 0 Å². The van der Waals surface area contributed by atoms with Crippen molar-refractivity contribution in [3.8, 4) is 28.7 Å². The molecule has 0 saturated carbocycles. The number of hydrogen-bond donors (Lipinski definition) is 2. The molecule has 214 valence electrons. The molecular formula is C37H33N3O3. The number of carbonyl (C=O) groups excluding carboxylic acids is 1. The van der Waals surface area contributed by atoms with Gasteiger partial charge >= 0.3 is 0 Å². The number of pyridine rings is 1. The second kappa shape index (κ2) is 10.3. The van der Waals surface area contributed by atoms with Crippen LogP contribution in [0.4, 0.5) is 11.4 Å². The Morgan fingerprint density at radius 2 is 1.49 bits per heavy atom. The fourth-order valence-corrected chi connectivity index (χ4v) is 6.48. The first kappa shape index (κ1) is 28.0. The van der Waals surface area contributed by atoms with Gasteiger partial charge in [0.15, 0.2) is 11.5 Å². The molecule has 4 aromatic carbocycles. The molecule has 0 fully saturated rings. The average molecular weight is 568 g/mol. The smallest absolute Gasteiger partial charge is 0.267 e. The minimum absolute atomic E-state index is 0.0313. The highest BCUT2D eigenvalue weighted by molar-refractivity contribution is 6.29. The number of hydrogen-bond acceptors (Lipinski definition) is 5. The normalized spacial score (nSPS) is 12.5. The van der Waals surface area contributed by atoms with E-state index in [1.54, 1.807) is 30.3 Å². The van der Waals surface area contributed by atoms with Crippen molar-refractivity contribution < 1.29 is 9.53 Å². The minimum atomic E-state index is -0.534. The van der Waals surface area contributed by atoms with E-state index in [2.05, 4.69) is 63.1 Å². The van der Waals surface area contributed by atoms with Crippen LogP contribution in [0.1, 0.15) is 68.1 Å². The zero-order valence-corrected chi connectivity index (χ0v) is 25.0. The Morgan fingerprint density at radius 1 is 0.837 bits per heavy atom. The van der Waals surface area contributed by atoms with E-state index in [0.29, 0.717) is 50.3 Å². The Balaban J connectivity index is 1.56. The molecule has 43 heavy (non-hydrogen) atoms. The van der Waals surface area contributed by atoms with Gasteiger partial charge in [-0.05, 0) is 52.6 Å². The standard InChI is InChI=1S/C37H33N3O3/c1-36(2,3)21-37(4,5)22-15-17-24(18-16-22)43-29-19-28(39-23-11-7-6-8-12-23)31-32-30(27(20-38)35(42)40-33(29)32)25-13-9-10-14-26(25)34(31)41/h6-19,39H,21H2,1-5H3,(H,40,42). The van der Waals surface area contributed by atoms with Crippen LogP contribution < -0.4 is 15.6 Å². The van der Waals surface area contributed by atoms with E-state index in [0.717, 1.165) is 12.1 Å². The fourth-order valence-electron chi connectivity index (χ4n) is 6.48. The number of nitrogens with one attached hydrogen (secondary N) is 2. The minimum Gasteiger partial charge on any atom is -0.455 e. The molecule has 5 aromatic rings. The van der Waals surface area contributed by atoms with Crippen molar-refractivity contribution in [2.45, 2.75) is 46.5 Å². The highest BCUT2D eigenvalue weighted by Gasteiger charge is 2.33. The lowest BCUT2D eigenvalue weighted by Gasteiger charge is -2.33.